The number of rotatable bonds is 6. The lowest BCUT2D eigenvalue weighted by molar-refractivity contribution is -0.116. The number of carbonyl (C=O) groups excluding carboxylic acids is 3. The summed E-state index contributed by atoms with van der Waals surface area (Å²) in [6.45, 7) is 4.30. The summed E-state index contributed by atoms with van der Waals surface area (Å²) in [5.41, 5.74) is 2.89. The SMILES string of the molecule is COc1ccc(NC(C)=O)cc1NC(=O)CN1CCN(c2ccc(C)cc2)C1=O. The van der Waals surface area contributed by atoms with Gasteiger partial charge in [0, 0.05) is 31.4 Å². The van der Waals surface area contributed by atoms with Gasteiger partial charge in [-0.2, -0.15) is 0 Å². The monoisotopic (exact) mass is 396 g/mol. The van der Waals surface area contributed by atoms with Crippen molar-refractivity contribution >= 4 is 34.9 Å². The highest BCUT2D eigenvalue weighted by molar-refractivity contribution is 6.00. The number of aryl methyl sites for hydroxylation is 1. The van der Waals surface area contributed by atoms with E-state index in [9.17, 15) is 14.4 Å². The fraction of sp³-hybridized carbons (Fsp3) is 0.286. The highest BCUT2D eigenvalue weighted by atomic mass is 16.5. The summed E-state index contributed by atoms with van der Waals surface area (Å²) in [7, 11) is 1.49. The van der Waals surface area contributed by atoms with Crippen LogP contribution in [0.1, 0.15) is 12.5 Å². The maximum absolute atomic E-state index is 12.7. The second-order valence-electron chi connectivity index (χ2n) is 6.84. The van der Waals surface area contributed by atoms with E-state index in [1.807, 2.05) is 31.2 Å². The van der Waals surface area contributed by atoms with Crippen LogP contribution < -0.4 is 20.3 Å². The molecule has 0 aliphatic carbocycles. The van der Waals surface area contributed by atoms with Gasteiger partial charge >= 0.3 is 6.03 Å². The Morgan fingerprint density at radius 2 is 1.79 bits per heavy atom. The minimum absolute atomic E-state index is 0.0747. The minimum Gasteiger partial charge on any atom is -0.495 e. The van der Waals surface area contributed by atoms with Crippen LogP contribution in [-0.4, -0.2) is 49.5 Å². The molecule has 0 saturated carbocycles. The molecule has 152 valence electrons. The number of amides is 4. The van der Waals surface area contributed by atoms with Crippen molar-refractivity contribution in [2.75, 3.05) is 42.3 Å². The molecule has 1 fully saturated rings. The number of nitrogens with zero attached hydrogens (tertiary/aromatic N) is 2. The molecule has 3 rings (SSSR count). The number of hydrogen-bond acceptors (Lipinski definition) is 4. The molecule has 0 radical (unpaired) electrons. The van der Waals surface area contributed by atoms with Gasteiger partial charge in [-0.1, -0.05) is 17.7 Å². The average Bonchev–Trinajstić information content (AvgIpc) is 3.02. The minimum atomic E-state index is -0.345. The van der Waals surface area contributed by atoms with Gasteiger partial charge in [0.25, 0.3) is 0 Å². The summed E-state index contributed by atoms with van der Waals surface area (Å²) in [4.78, 5) is 39.6. The molecular weight excluding hydrogens is 372 g/mol. The number of methoxy groups -OCH3 is 1. The van der Waals surface area contributed by atoms with Crippen LogP contribution in [0.5, 0.6) is 5.75 Å². The number of hydrogen-bond donors (Lipinski definition) is 2. The molecule has 2 N–H and O–H groups in total. The van der Waals surface area contributed by atoms with Gasteiger partial charge in [0.15, 0.2) is 0 Å². The molecule has 0 unspecified atom stereocenters. The van der Waals surface area contributed by atoms with Crippen molar-refractivity contribution in [1.29, 1.82) is 0 Å². The molecule has 2 aromatic carbocycles. The average molecular weight is 396 g/mol. The van der Waals surface area contributed by atoms with Gasteiger partial charge in [-0.3, -0.25) is 14.5 Å². The zero-order valence-corrected chi connectivity index (χ0v) is 16.7. The third kappa shape index (κ3) is 4.84. The van der Waals surface area contributed by atoms with E-state index in [1.54, 1.807) is 23.1 Å². The second-order valence-corrected chi connectivity index (χ2v) is 6.84. The molecule has 8 heteroatoms. The Kier molecular flexibility index (Phi) is 6.01. The predicted molar refractivity (Wildman–Crippen MR) is 111 cm³/mol. The van der Waals surface area contributed by atoms with Gasteiger partial charge < -0.3 is 20.3 Å². The lowest BCUT2D eigenvalue weighted by Gasteiger charge is -2.19. The molecule has 0 spiro atoms. The Hall–Kier alpha value is -3.55. The Morgan fingerprint density at radius 1 is 1.07 bits per heavy atom. The highest BCUT2D eigenvalue weighted by Gasteiger charge is 2.30. The van der Waals surface area contributed by atoms with E-state index in [4.69, 9.17) is 4.74 Å². The first-order valence-electron chi connectivity index (χ1n) is 9.26. The molecule has 29 heavy (non-hydrogen) atoms. The van der Waals surface area contributed by atoms with E-state index < -0.39 is 0 Å². The smallest absolute Gasteiger partial charge is 0.325 e. The lowest BCUT2D eigenvalue weighted by atomic mass is 10.2. The van der Waals surface area contributed by atoms with E-state index in [0.717, 1.165) is 11.3 Å². The molecular formula is C21H24N4O4. The number of nitrogens with one attached hydrogen (secondary N) is 2. The molecule has 2 aromatic rings. The molecule has 1 aliphatic rings. The third-order valence-corrected chi connectivity index (χ3v) is 4.57. The summed E-state index contributed by atoms with van der Waals surface area (Å²) in [6.07, 6.45) is 0. The van der Waals surface area contributed by atoms with Crippen LogP contribution in [0.25, 0.3) is 0 Å². The van der Waals surface area contributed by atoms with Crippen molar-refractivity contribution in [2.45, 2.75) is 13.8 Å². The van der Waals surface area contributed by atoms with Gasteiger partial charge in [0.05, 0.1) is 12.8 Å². The summed E-state index contributed by atoms with van der Waals surface area (Å²) in [5.74, 6) is -0.102. The van der Waals surface area contributed by atoms with E-state index in [2.05, 4.69) is 10.6 Å². The maximum atomic E-state index is 12.7. The quantitative estimate of drug-likeness (QED) is 0.786. The van der Waals surface area contributed by atoms with Crippen LogP contribution in [0.4, 0.5) is 21.9 Å². The van der Waals surface area contributed by atoms with Crippen molar-refractivity contribution in [3.8, 4) is 5.75 Å². The molecule has 8 nitrogen and oxygen atoms in total. The first-order chi connectivity index (χ1) is 13.9. The van der Waals surface area contributed by atoms with E-state index >= 15 is 0 Å². The zero-order chi connectivity index (χ0) is 21.0. The molecule has 1 saturated heterocycles. The molecule has 1 heterocycles. The Balaban J connectivity index is 1.66. The topological polar surface area (TPSA) is 91.0 Å². The van der Waals surface area contributed by atoms with E-state index in [-0.39, 0.29) is 24.4 Å². The second kappa shape index (κ2) is 8.64. The van der Waals surface area contributed by atoms with Crippen molar-refractivity contribution in [1.82, 2.24) is 4.90 Å². The number of urea groups is 1. The van der Waals surface area contributed by atoms with Crippen LogP contribution in [0.2, 0.25) is 0 Å². The Bertz CT molecular complexity index is 927. The summed E-state index contributed by atoms with van der Waals surface area (Å²) >= 11 is 0. The first-order valence-corrected chi connectivity index (χ1v) is 9.26. The first kappa shape index (κ1) is 20.2. The van der Waals surface area contributed by atoms with E-state index in [1.165, 1.54) is 18.9 Å². The van der Waals surface area contributed by atoms with Crippen LogP contribution >= 0.6 is 0 Å². The Labute approximate surface area is 169 Å². The van der Waals surface area contributed by atoms with Crippen LogP contribution in [-0.2, 0) is 9.59 Å². The van der Waals surface area contributed by atoms with Crippen molar-refractivity contribution < 1.29 is 19.1 Å². The predicted octanol–water partition coefficient (Wildman–Crippen LogP) is 2.84. The normalized spacial score (nSPS) is 13.4. The molecule has 0 aromatic heterocycles. The lowest BCUT2D eigenvalue weighted by Crippen LogP contribution is -2.37. The summed E-state index contributed by atoms with van der Waals surface area (Å²) in [5, 5.41) is 5.42. The number of benzene rings is 2. The van der Waals surface area contributed by atoms with Crippen molar-refractivity contribution in [2.24, 2.45) is 0 Å². The van der Waals surface area contributed by atoms with Crippen molar-refractivity contribution in [3.05, 3.63) is 48.0 Å². The van der Waals surface area contributed by atoms with Gasteiger partial charge in [-0.05, 0) is 37.3 Å². The zero-order valence-electron chi connectivity index (χ0n) is 16.7. The van der Waals surface area contributed by atoms with Crippen LogP contribution in [0.3, 0.4) is 0 Å². The fourth-order valence-electron chi connectivity index (χ4n) is 3.14. The standard InChI is InChI=1S/C21H24N4O4/c1-14-4-7-17(8-5-14)25-11-10-24(21(25)28)13-20(27)23-18-12-16(22-15(2)26)6-9-19(18)29-3/h4-9,12H,10-11,13H2,1-3H3,(H,22,26)(H,23,27). The van der Waals surface area contributed by atoms with Crippen molar-refractivity contribution in [3.63, 3.8) is 0 Å². The number of ether oxygens (including phenoxy) is 1. The molecule has 0 bridgehead atoms. The van der Waals surface area contributed by atoms with Gasteiger partial charge in [-0.25, -0.2) is 4.79 Å². The Morgan fingerprint density at radius 3 is 2.45 bits per heavy atom. The van der Waals surface area contributed by atoms with Gasteiger partial charge in [0.2, 0.25) is 11.8 Å². The number of carbonyl (C=O) groups is 3. The van der Waals surface area contributed by atoms with E-state index in [0.29, 0.717) is 30.2 Å². The fourth-order valence-corrected chi connectivity index (χ4v) is 3.14. The molecule has 1 aliphatic heterocycles. The third-order valence-electron chi connectivity index (χ3n) is 4.57. The molecule has 0 atom stereocenters. The van der Waals surface area contributed by atoms with Crippen LogP contribution in [0, 0.1) is 6.92 Å². The van der Waals surface area contributed by atoms with Gasteiger partial charge in [-0.15, -0.1) is 0 Å². The maximum Gasteiger partial charge on any atom is 0.325 e. The molecule has 4 amide bonds. The van der Waals surface area contributed by atoms with Gasteiger partial charge in [0.1, 0.15) is 12.3 Å². The number of anilines is 3. The highest BCUT2D eigenvalue weighted by Crippen LogP contribution is 2.28. The summed E-state index contributed by atoms with van der Waals surface area (Å²) in [6, 6.07) is 12.4. The summed E-state index contributed by atoms with van der Waals surface area (Å²) < 4.78 is 5.27. The van der Waals surface area contributed by atoms with Crippen LogP contribution in [0.15, 0.2) is 42.5 Å². The largest absolute Gasteiger partial charge is 0.495 e.